The number of benzene rings is 1. The van der Waals surface area contributed by atoms with E-state index in [1.807, 2.05) is 0 Å². The lowest BCUT2D eigenvalue weighted by atomic mass is 9.98. The molecular formula is C21H24N3O4+. The van der Waals surface area contributed by atoms with Gasteiger partial charge in [0.2, 0.25) is 0 Å². The zero-order chi connectivity index (χ0) is 19.3. The quantitative estimate of drug-likeness (QED) is 0.324. The van der Waals surface area contributed by atoms with E-state index < -0.39 is 11.8 Å². The molecule has 28 heavy (non-hydrogen) atoms. The van der Waals surface area contributed by atoms with Gasteiger partial charge in [0, 0.05) is 16.4 Å². The zero-order valence-electron chi connectivity index (χ0n) is 15.9. The number of amides is 4. The number of aliphatic imine (C=N–C) groups is 2. The van der Waals surface area contributed by atoms with Crippen LogP contribution in [0.4, 0.5) is 4.58 Å². The highest BCUT2D eigenvalue weighted by Crippen LogP contribution is 2.24. The number of rotatable bonds is 2. The first-order chi connectivity index (χ1) is 13.7. The molecular weight excluding hydrogens is 358 g/mol. The summed E-state index contributed by atoms with van der Waals surface area (Å²) in [5.41, 5.74) is 2.64. The number of nitrogens with zero attached hydrogens (tertiary/aromatic N) is 3. The summed E-state index contributed by atoms with van der Waals surface area (Å²) < 4.78 is 5.33. The van der Waals surface area contributed by atoms with E-state index in [1.165, 1.54) is 12.8 Å². The summed E-state index contributed by atoms with van der Waals surface area (Å²) in [4.78, 5) is 39.1. The molecule has 2 aliphatic carbocycles. The second-order valence-corrected chi connectivity index (χ2v) is 7.37. The van der Waals surface area contributed by atoms with E-state index in [0.29, 0.717) is 16.2 Å². The van der Waals surface area contributed by atoms with E-state index >= 15 is 0 Å². The van der Waals surface area contributed by atoms with Crippen molar-refractivity contribution < 1.29 is 19.2 Å². The Kier molecular flexibility index (Phi) is 5.60. The third-order valence-corrected chi connectivity index (χ3v) is 5.31. The summed E-state index contributed by atoms with van der Waals surface area (Å²) in [5.74, 6) is -1.09. The van der Waals surface area contributed by atoms with Crippen LogP contribution in [0.1, 0.15) is 84.9 Å². The molecule has 7 heteroatoms. The second-order valence-electron chi connectivity index (χ2n) is 7.37. The van der Waals surface area contributed by atoms with E-state index in [9.17, 15) is 9.59 Å². The van der Waals surface area contributed by atoms with Gasteiger partial charge in [-0.1, -0.05) is 25.0 Å². The van der Waals surface area contributed by atoms with Crippen molar-refractivity contribution in [2.24, 2.45) is 9.98 Å². The molecule has 3 aliphatic rings. The van der Waals surface area contributed by atoms with Crippen LogP contribution in [0.15, 0.2) is 34.3 Å². The lowest BCUT2D eigenvalue weighted by Crippen LogP contribution is -2.27. The molecule has 1 aromatic carbocycles. The van der Waals surface area contributed by atoms with Crippen LogP contribution in [0.2, 0.25) is 0 Å². The first kappa shape index (κ1) is 18.5. The van der Waals surface area contributed by atoms with E-state index in [1.54, 1.807) is 24.3 Å². The molecule has 0 saturated heterocycles. The van der Waals surface area contributed by atoms with Crippen molar-refractivity contribution >= 4 is 29.3 Å². The van der Waals surface area contributed by atoms with E-state index in [2.05, 4.69) is 9.98 Å². The zero-order valence-corrected chi connectivity index (χ0v) is 15.9. The Hall–Kier alpha value is -2.83. The van der Waals surface area contributed by atoms with E-state index in [-0.39, 0.29) is 6.03 Å². The minimum Gasteiger partial charge on any atom is -0.265 e. The first-order valence-corrected chi connectivity index (χ1v) is 10.0. The van der Waals surface area contributed by atoms with Crippen molar-refractivity contribution in [3.63, 3.8) is 0 Å². The van der Waals surface area contributed by atoms with Crippen LogP contribution < -0.4 is 0 Å². The summed E-state index contributed by atoms with van der Waals surface area (Å²) in [7, 11) is 0. The highest BCUT2D eigenvalue weighted by atomic mass is 17.2. The summed E-state index contributed by atoms with van der Waals surface area (Å²) >= 11 is 0. The Balaban J connectivity index is 1.56. The molecule has 7 nitrogen and oxygen atoms in total. The average Bonchev–Trinajstić information content (AvgIpc) is 2.98. The lowest BCUT2D eigenvalue weighted by molar-refractivity contribution is -0.575. The normalized spacial score (nSPS) is 19.4. The Labute approximate surface area is 163 Å². The largest absolute Gasteiger partial charge is 0.640 e. The highest BCUT2D eigenvalue weighted by Gasteiger charge is 2.41. The molecule has 146 valence electrons. The smallest absolute Gasteiger partial charge is 0.265 e. The molecule has 0 atom stereocenters. The molecule has 2 fully saturated rings. The molecule has 0 bridgehead atoms. The van der Waals surface area contributed by atoms with Gasteiger partial charge in [-0.15, -0.1) is 9.98 Å². The van der Waals surface area contributed by atoms with Gasteiger partial charge in [0.1, 0.15) is 4.58 Å². The SMILES string of the molecule is O=C1c2ccccc2C(=O)N1O[O+]=C(N=C1CCCCC1)N=C1CCCCC1. The van der Waals surface area contributed by atoms with Gasteiger partial charge in [-0.05, 0) is 68.6 Å². The van der Waals surface area contributed by atoms with Crippen LogP contribution in [0.5, 0.6) is 0 Å². The number of hydroxylamine groups is 2. The van der Waals surface area contributed by atoms with Crippen molar-refractivity contribution in [1.82, 2.24) is 5.06 Å². The topological polar surface area (TPSA) is 82.6 Å². The first-order valence-electron chi connectivity index (χ1n) is 10.0. The summed E-state index contributed by atoms with van der Waals surface area (Å²) in [5, 5.41) is 0.632. The third kappa shape index (κ3) is 4.03. The number of hydrogen-bond acceptors (Lipinski definition) is 3. The summed E-state index contributed by atoms with van der Waals surface area (Å²) in [6.45, 7) is 0. The average molecular weight is 382 g/mol. The van der Waals surface area contributed by atoms with Gasteiger partial charge in [-0.25, -0.2) is 0 Å². The number of fused-ring (bicyclic) bond motifs is 1. The maximum Gasteiger partial charge on any atom is 0.640 e. The third-order valence-electron chi connectivity index (χ3n) is 5.31. The Morgan fingerprint density at radius 1 is 0.786 bits per heavy atom. The van der Waals surface area contributed by atoms with Crippen LogP contribution in [-0.4, -0.2) is 34.3 Å². The molecule has 1 aromatic rings. The van der Waals surface area contributed by atoms with Crippen molar-refractivity contribution in [1.29, 1.82) is 0 Å². The van der Waals surface area contributed by atoms with Crippen molar-refractivity contribution in [2.75, 3.05) is 0 Å². The number of urea groups is 1. The predicted octanol–water partition coefficient (Wildman–Crippen LogP) is 4.60. The highest BCUT2D eigenvalue weighted by molar-refractivity contribution is 6.20. The number of imide groups is 1. The Bertz CT molecular complexity index is 791. The summed E-state index contributed by atoms with van der Waals surface area (Å²) in [6, 6.07) is 6.67. The fourth-order valence-corrected chi connectivity index (χ4v) is 3.78. The Morgan fingerprint density at radius 2 is 1.25 bits per heavy atom. The van der Waals surface area contributed by atoms with E-state index in [4.69, 9.17) is 9.56 Å². The molecule has 4 amide bonds. The number of hydrogen-bond donors (Lipinski definition) is 0. The van der Waals surface area contributed by atoms with Crippen LogP contribution >= 0.6 is 0 Å². The maximum absolute atomic E-state index is 12.4. The van der Waals surface area contributed by atoms with Crippen LogP contribution in [0.3, 0.4) is 0 Å². The predicted molar refractivity (Wildman–Crippen MR) is 104 cm³/mol. The molecule has 0 aromatic heterocycles. The molecule has 0 spiro atoms. The van der Waals surface area contributed by atoms with Crippen molar-refractivity contribution in [3.8, 4) is 0 Å². The van der Waals surface area contributed by atoms with Crippen LogP contribution in [0.25, 0.3) is 0 Å². The van der Waals surface area contributed by atoms with Gasteiger partial charge in [0.15, 0.2) is 0 Å². The van der Waals surface area contributed by atoms with Crippen LogP contribution in [-0.2, 0) is 4.99 Å². The molecule has 2 saturated carbocycles. The van der Waals surface area contributed by atoms with Crippen molar-refractivity contribution in [2.45, 2.75) is 64.2 Å². The fourth-order valence-electron chi connectivity index (χ4n) is 3.78. The van der Waals surface area contributed by atoms with Gasteiger partial charge < -0.3 is 0 Å². The monoisotopic (exact) mass is 382 g/mol. The molecule has 1 heterocycles. The number of carbonyl (C=O) groups excluding carboxylic acids is 3. The minimum atomic E-state index is -0.546. The molecule has 1 aliphatic heterocycles. The molecule has 4 rings (SSSR count). The Morgan fingerprint density at radius 3 is 1.71 bits per heavy atom. The molecule has 0 unspecified atom stereocenters. The maximum atomic E-state index is 12.4. The second kappa shape index (κ2) is 8.46. The molecule has 0 N–H and O–H groups in total. The van der Waals surface area contributed by atoms with Gasteiger partial charge >= 0.3 is 17.8 Å². The van der Waals surface area contributed by atoms with Gasteiger partial charge in [-0.2, -0.15) is 0 Å². The fraction of sp³-hybridized carbons (Fsp3) is 0.476. The van der Waals surface area contributed by atoms with Gasteiger partial charge in [0.25, 0.3) is 0 Å². The van der Waals surface area contributed by atoms with Gasteiger partial charge in [0.05, 0.1) is 11.1 Å². The number of carbonyl (C=O) groups is 2. The van der Waals surface area contributed by atoms with Crippen molar-refractivity contribution in [3.05, 3.63) is 35.4 Å². The standard InChI is InChI=1S/C21H24N3O4/c25-19-17-13-7-8-14-18(17)20(26)24(19)28-27-21(22-15-9-3-1-4-10-15)23-16-11-5-2-6-12-16/h7-8,13-14H,1-6,9-12H2/q+1. The molecule has 0 radical (unpaired) electrons. The summed E-state index contributed by atoms with van der Waals surface area (Å²) in [6.07, 6.45) is 10.4. The minimum absolute atomic E-state index is 0.0744. The van der Waals surface area contributed by atoms with Crippen LogP contribution in [0, 0.1) is 0 Å². The lowest BCUT2D eigenvalue weighted by Gasteiger charge is -2.11. The van der Waals surface area contributed by atoms with Gasteiger partial charge in [-0.3, -0.25) is 9.59 Å². The van der Waals surface area contributed by atoms with E-state index in [0.717, 1.165) is 62.8 Å².